The van der Waals surface area contributed by atoms with Gasteiger partial charge in [0.05, 0.1) is 12.2 Å². The summed E-state index contributed by atoms with van der Waals surface area (Å²) in [5.74, 6) is 6.98. The highest BCUT2D eigenvalue weighted by Crippen LogP contribution is 2.29. The van der Waals surface area contributed by atoms with Crippen molar-refractivity contribution < 1.29 is 9.13 Å². The molecule has 2 heterocycles. The van der Waals surface area contributed by atoms with E-state index in [1.807, 2.05) is 13.0 Å². The quantitative estimate of drug-likeness (QED) is 0.765. The topological polar surface area (TPSA) is 33.6 Å². The predicted molar refractivity (Wildman–Crippen MR) is 107 cm³/mol. The molecule has 0 aromatic heterocycles. The second-order valence-electron chi connectivity index (χ2n) is 7.20. The normalized spacial score (nSPS) is 16.3. The molecule has 3 nitrogen and oxygen atoms in total. The molecule has 4 heteroatoms. The first-order chi connectivity index (χ1) is 13.1. The van der Waals surface area contributed by atoms with Gasteiger partial charge >= 0.3 is 0 Å². The van der Waals surface area contributed by atoms with E-state index in [0.29, 0.717) is 18.0 Å². The van der Waals surface area contributed by atoms with Gasteiger partial charge in [-0.25, -0.2) is 4.39 Å². The van der Waals surface area contributed by atoms with Gasteiger partial charge in [-0.15, -0.1) is 0 Å². The highest BCUT2D eigenvalue weighted by Gasteiger charge is 2.16. The van der Waals surface area contributed by atoms with E-state index in [4.69, 9.17) is 4.74 Å². The molecule has 0 spiro atoms. The Hall–Kier alpha value is -2.64. The second kappa shape index (κ2) is 7.54. The van der Waals surface area contributed by atoms with Gasteiger partial charge < -0.3 is 10.1 Å². The first-order valence-electron chi connectivity index (χ1n) is 9.41. The van der Waals surface area contributed by atoms with E-state index in [1.54, 1.807) is 13.0 Å². The van der Waals surface area contributed by atoms with Crippen LogP contribution in [0.1, 0.15) is 42.0 Å². The van der Waals surface area contributed by atoms with Gasteiger partial charge in [0.1, 0.15) is 5.82 Å². The fraction of sp³-hybridized carbons (Fsp3) is 0.348. The van der Waals surface area contributed by atoms with Crippen molar-refractivity contribution in [2.45, 2.75) is 33.2 Å². The summed E-state index contributed by atoms with van der Waals surface area (Å²) in [6.07, 6.45) is 1.97. The minimum absolute atomic E-state index is 0.197. The number of benzene rings is 2. The third-order valence-corrected chi connectivity index (χ3v) is 5.19. The van der Waals surface area contributed by atoms with Gasteiger partial charge in [-0.05, 0) is 68.1 Å². The van der Waals surface area contributed by atoms with E-state index in [-0.39, 0.29) is 5.82 Å². The molecule has 0 atom stereocenters. The zero-order valence-electron chi connectivity index (χ0n) is 15.7. The summed E-state index contributed by atoms with van der Waals surface area (Å²) < 4.78 is 19.0. The standard InChI is InChI=1S/C23H23FN2O/c1-15-11-20(5-6-22(15)24)26-23-13-21-16(2)25-14-19(21)12-18(23)4-3-17-7-9-27-10-8-17/h5-6,11-13,17,26H,7-10,14H2,1-2H3. The Kier molecular flexibility index (Phi) is 4.96. The molecule has 0 amide bonds. The SMILES string of the molecule is CC1=NCc2cc(C#CC3CCOCC3)c(Nc3ccc(F)c(C)c3)cc21. The van der Waals surface area contributed by atoms with Gasteiger partial charge in [0, 0.05) is 41.7 Å². The van der Waals surface area contributed by atoms with Crippen molar-refractivity contribution in [1.29, 1.82) is 0 Å². The molecule has 2 aliphatic rings. The van der Waals surface area contributed by atoms with Crippen LogP contribution in [0.3, 0.4) is 0 Å². The first-order valence-corrected chi connectivity index (χ1v) is 9.41. The molecule has 0 unspecified atom stereocenters. The van der Waals surface area contributed by atoms with Gasteiger partial charge in [0.15, 0.2) is 0 Å². The Morgan fingerprint density at radius 2 is 1.96 bits per heavy atom. The number of hydrogen-bond acceptors (Lipinski definition) is 3. The summed E-state index contributed by atoms with van der Waals surface area (Å²) in [6.45, 7) is 6.09. The molecule has 4 rings (SSSR count). The molecule has 0 saturated carbocycles. The Bertz CT molecular complexity index is 962. The van der Waals surface area contributed by atoms with Crippen LogP contribution < -0.4 is 5.32 Å². The number of aliphatic imine (C=N–C) groups is 1. The number of halogens is 1. The fourth-order valence-corrected chi connectivity index (χ4v) is 3.51. The van der Waals surface area contributed by atoms with Crippen LogP contribution in [0.2, 0.25) is 0 Å². The van der Waals surface area contributed by atoms with Crippen molar-refractivity contribution in [3.8, 4) is 11.8 Å². The molecule has 1 saturated heterocycles. The molecular formula is C23H23FN2O. The lowest BCUT2D eigenvalue weighted by Crippen LogP contribution is -2.13. The molecule has 1 N–H and O–H groups in total. The van der Waals surface area contributed by atoms with E-state index >= 15 is 0 Å². The van der Waals surface area contributed by atoms with E-state index in [9.17, 15) is 4.39 Å². The Balaban J connectivity index is 1.69. The molecule has 2 aromatic carbocycles. The highest BCUT2D eigenvalue weighted by molar-refractivity contribution is 6.03. The molecule has 27 heavy (non-hydrogen) atoms. The minimum Gasteiger partial charge on any atom is -0.381 e. The van der Waals surface area contributed by atoms with Crippen molar-refractivity contribution in [3.63, 3.8) is 0 Å². The zero-order valence-corrected chi connectivity index (χ0v) is 15.7. The summed E-state index contributed by atoms with van der Waals surface area (Å²) >= 11 is 0. The molecular weight excluding hydrogens is 339 g/mol. The van der Waals surface area contributed by atoms with Crippen LogP contribution in [-0.4, -0.2) is 18.9 Å². The van der Waals surface area contributed by atoms with Crippen molar-refractivity contribution >= 4 is 17.1 Å². The Labute approximate surface area is 159 Å². The van der Waals surface area contributed by atoms with Crippen molar-refractivity contribution in [3.05, 3.63) is 58.4 Å². The van der Waals surface area contributed by atoms with Crippen LogP contribution in [0.4, 0.5) is 15.8 Å². The summed E-state index contributed by atoms with van der Waals surface area (Å²) in [4.78, 5) is 4.54. The molecule has 138 valence electrons. The summed E-state index contributed by atoms with van der Waals surface area (Å²) in [7, 11) is 0. The van der Waals surface area contributed by atoms with Crippen molar-refractivity contribution in [2.24, 2.45) is 10.9 Å². The van der Waals surface area contributed by atoms with Crippen molar-refractivity contribution in [2.75, 3.05) is 18.5 Å². The monoisotopic (exact) mass is 362 g/mol. The summed E-state index contributed by atoms with van der Waals surface area (Å²) in [5.41, 5.74) is 6.80. The van der Waals surface area contributed by atoms with Gasteiger partial charge in [-0.3, -0.25) is 4.99 Å². The Morgan fingerprint density at radius 1 is 1.15 bits per heavy atom. The molecule has 0 aliphatic carbocycles. The third-order valence-electron chi connectivity index (χ3n) is 5.19. The summed E-state index contributed by atoms with van der Waals surface area (Å²) in [6, 6.07) is 9.32. The minimum atomic E-state index is -0.197. The largest absolute Gasteiger partial charge is 0.381 e. The molecule has 2 aliphatic heterocycles. The van der Waals surface area contributed by atoms with Gasteiger partial charge in [-0.2, -0.15) is 0 Å². The maximum Gasteiger partial charge on any atom is 0.126 e. The zero-order chi connectivity index (χ0) is 18.8. The van der Waals surface area contributed by atoms with Gasteiger partial charge in [0.25, 0.3) is 0 Å². The lowest BCUT2D eigenvalue weighted by atomic mass is 9.98. The fourth-order valence-electron chi connectivity index (χ4n) is 3.51. The highest BCUT2D eigenvalue weighted by atomic mass is 19.1. The smallest absolute Gasteiger partial charge is 0.126 e. The van der Waals surface area contributed by atoms with E-state index in [0.717, 1.165) is 54.3 Å². The number of nitrogens with one attached hydrogen (secondary N) is 1. The number of fused-ring (bicyclic) bond motifs is 1. The lowest BCUT2D eigenvalue weighted by molar-refractivity contribution is 0.0807. The number of hydrogen-bond donors (Lipinski definition) is 1. The molecule has 0 bridgehead atoms. The number of nitrogens with zero attached hydrogens (tertiary/aromatic N) is 1. The average Bonchev–Trinajstić information content (AvgIpc) is 3.04. The number of rotatable bonds is 2. The van der Waals surface area contributed by atoms with Crippen LogP contribution in [-0.2, 0) is 11.3 Å². The molecule has 0 radical (unpaired) electrons. The maximum atomic E-state index is 13.6. The number of anilines is 2. The van der Waals surface area contributed by atoms with E-state index in [1.165, 1.54) is 11.6 Å². The summed E-state index contributed by atoms with van der Waals surface area (Å²) in [5, 5.41) is 3.43. The number of ether oxygens (including phenoxy) is 1. The van der Waals surface area contributed by atoms with Gasteiger partial charge in [0.2, 0.25) is 0 Å². The maximum absolute atomic E-state index is 13.6. The van der Waals surface area contributed by atoms with Crippen LogP contribution in [0, 0.1) is 30.5 Å². The van der Waals surface area contributed by atoms with Gasteiger partial charge in [-0.1, -0.05) is 11.8 Å². The van der Waals surface area contributed by atoms with E-state index in [2.05, 4.69) is 34.3 Å². The third kappa shape index (κ3) is 3.89. The molecule has 1 fully saturated rings. The Morgan fingerprint density at radius 3 is 2.74 bits per heavy atom. The van der Waals surface area contributed by atoms with Crippen LogP contribution >= 0.6 is 0 Å². The van der Waals surface area contributed by atoms with Crippen LogP contribution in [0.5, 0.6) is 0 Å². The molecule has 2 aromatic rings. The second-order valence-corrected chi connectivity index (χ2v) is 7.20. The van der Waals surface area contributed by atoms with Crippen LogP contribution in [0.25, 0.3) is 0 Å². The predicted octanol–water partition coefficient (Wildman–Crippen LogP) is 4.98. The average molecular weight is 362 g/mol. The number of aryl methyl sites for hydroxylation is 1. The van der Waals surface area contributed by atoms with Crippen LogP contribution in [0.15, 0.2) is 35.3 Å². The van der Waals surface area contributed by atoms with Crippen molar-refractivity contribution in [1.82, 2.24) is 0 Å². The lowest BCUT2D eigenvalue weighted by Gasteiger charge is -2.17. The first kappa shape index (κ1) is 17.8. The van der Waals surface area contributed by atoms with E-state index < -0.39 is 0 Å².